The van der Waals surface area contributed by atoms with Crippen molar-refractivity contribution in [3.63, 3.8) is 0 Å². The number of hydrogen-bond acceptors (Lipinski definition) is 4. The summed E-state index contributed by atoms with van der Waals surface area (Å²) in [6, 6.07) is 0. The van der Waals surface area contributed by atoms with Crippen LogP contribution >= 0.6 is 0 Å². The number of piperazine rings is 1. The van der Waals surface area contributed by atoms with Gasteiger partial charge >= 0.3 is 0 Å². The number of hydrogen-bond donors (Lipinski definition) is 1. The summed E-state index contributed by atoms with van der Waals surface area (Å²) in [6.45, 7) is 4.66. The molecule has 1 amide bonds. The third-order valence-corrected chi connectivity index (χ3v) is 3.26. The molecule has 2 heterocycles. The van der Waals surface area contributed by atoms with Gasteiger partial charge in [0.05, 0.1) is 0 Å². The van der Waals surface area contributed by atoms with Crippen LogP contribution in [0.4, 0.5) is 0 Å². The van der Waals surface area contributed by atoms with E-state index in [1.807, 2.05) is 5.01 Å². The van der Waals surface area contributed by atoms with E-state index in [2.05, 4.69) is 17.0 Å². The van der Waals surface area contributed by atoms with Crippen molar-refractivity contribution in [2.45, 2.75) is 6.42 Å². The molecule has 1 atom stereocenters. The molecule has 86 valence electrons. The third kappa shape index (κ3) is 2.30. The molecule has 0 aromatic carbocycles. The number of carbonyl (C=O) groups excluding carboxylic acids is 1. The fourth-order valence-corrected chi connectivity index (χ4v) is 2.20. The average Bonchev–Trinajstić information content (AvgIpc) is 2.61. The van der Waals surface area contributed by atoms with Gasteiger partial charge in [-0.3, -0.25) is 9.80 Å². The number of rotatable bonds is 2. The minimum Gasteiger partial charge on any atom is -0.396 e. The molecule has 0 aromatic rings. The molecular weight excluding hydrogens is 194 g/mol. The van der Waals surface area contributed by atoms with Gasteiger partial charge in [-0.1, -0.05) is 0 Å². The van der Waals surface area contributed by atoms with Crippen LogP contribution in [0, 0.1) is 5.92 Å². The van der Waals surface area contributed by atoms with Crippen LogP contribution in [0.25, 0.3) is 0 Å². The Kier molecular flexibility index (Phi) is 3.23. The van der Waals surface area contributed by atoms with Crippen molar-refractivity contribution in [1.29, 1.82) is 0 Å². The summed E-state index contributed by atoms with van der Waals surface area (Å²) in [4.78, 5) is 13.9. The molecule has 5 heteroatoms. The Morgan fingerprint density at radius 1 is 1.33 bits per heavy atom. The van der Waals surface area contributed by atoms with E-state index in [1.54, 1.807) is 0 Å². The van der Waals surface area contributed by atoms with E-state index < -0.39 is 0 Å². The highest BCUT2D eigenvalue weighted by molar-refractivity contribution is 5.78. The summed E-state index contributed by atoms with van der Waals surface area (Å²) >= 11 is 0. The smallest absolute Gasteiger partial charge is 0.237 e. The standard InChI is InChI=1S/C10H19N3O2/c1-11-2-4-12(5-3-11)13-7-9(8-14)6-10(13)15/h9,14H,2-8H2,1H3. The summed E-state index contributed by atoms with van der Waals surface area (Å²) in [5.74, 6) is 0.302. The lowest BCUT2D eigenvalue weighted by molar-refractivity contribution is -0.145. The molecule has 2 rings (SSSR count). The average molecular weight is 213 g/mol. The van der Waals surface area contributed by atoms with Gasteiger partial charge in [-0.05, 0) is 7.05 Å². The van der Waals surface area contributed by atoms with Crippen molar-refractivity contribution in [2.75, 3.05) is 46.4 Å². The largest absolute Gasteiger partial charge is 0.396 e. The van der Waals surface area contributed by atoms with E-state index in [0.717, 1.165) is 26.2 Å². The van der Waals surface area contributed by atoms with Crippen molar-refractivity contribution in [2.24, 2.45) is 5.92 Å². The fourth-order valence-electron chi connectivity index (χ4n) is 2.20. The second-order valence-corrected chi connectivity index (χ2v) is 4.49. The van der Waals surface area contributed by atoms with Gasteiger partial charge in [0.25, 0.3) is 0 Å². The SMILES string of the molecule is CN1CCN(N2CC(CO)CC2=O)CC1. The van der Waals surface area contributed by atoms with Crippen LogP contribution in [0.5, 0.6) is 0 Å². The zero-order chi connectivity index (χ0) is 10.8. The molecule has 5 nitrogen and oxygen atoms in total. The van der Waals surface area contributed by atoms with Gasteiger partial charge in [-0.15, -0.1) is 0 Å². The quantitative estimate of drug-likeness (QED) is 0.638. The molecule has 0 bridgehead atoms. The molecule has 0 saturated carbocycles. The lowest BCUT2D eigenvalue weighted by Gasteiger charge is -2.38. The maximum atomic E-state index is 11.7. The molecule has 0 spiro atoms. The lowest BCUT2D eigenvalue weighted by Crippen LogP contribution is -2.53. The molecule has 0 radical (unpaired) electrons. The number of amides is 1. The number of aliphatic hydroxyl groups is 1. The number of likely N-dealkylation sites (N-methyl/N-ethyl adjacent to an activating group) is 1. The van der Waals surface area contributed by atoms with E-state index in [9.17, 15) is 4.79 Å². The van der Waals surface area contributed by atoms with E-state index in [0.29, 0.717) is 13.0 Å². The van der Waals surface area contributed by atoms with Crippen LogP contribution in [0.3, 0.4) is 0 Å². The number of aliphatic hydroxyl groups excluding tert-OH is 1. The van der Waals surface area contributed by atoms with Crippen LogP contribution in [0.2, 0.25) is 0 Å². The summed E-state index contributed by atoms with van der Waals surface area (Å²) in [5.41, 5.74) is 0. The first-order valence-electron chi connectivity index (χ1n) is 5.55. The normalized spacial score (nSPS) is 30.1. The Hall–Kier alpha value is -0.650. The first-order chi connectivity index (χ1) is 7.20. The summed E-state index contributed by atoms with van der Waals surface area (Å²) < 4.78 is 0. The van der Waals surface area contributed by atoms with Crippen LogP contribution in [-0.4, -0.2) is 72.3 Å². The third-order valence-electron chi connectivity index (χ3n) is 3.26. The molecule has 2 aliphatic rings. The Balaban J connectivity index is 1.91. The highest BCUT2D eigenvalue weighted by Gasteiger charge is 2.33. The van der Waals surface area contributed by atoms with Crippen LogP contribution in [0.1, 0.15) is 6.42 Å². The molecule has 2 saturated heterocycles. The molecule has 0 aliphatic carbocycles. The molecule has 0 aromatic heterocycles. The van der Waals surface area contributed by atoms with Crippen molar-refractivity contribution in [3.8, 4) is 0 Å². The van der Waals surface area contributed by atoms with Crippen LogP contribution in [0.15, 0.2) is 0 Å². The van der Waals surface area contributed by atoms with Gasteiger partial charge < -0.3 is 10.0 Å². The van der Waals surface area contributed by atoms with E-state index in [-0.39, 0.29) is 18.4 Å². The van der Waals surface area contributed by atoms with Gasteiger partial charge in [-0.25, -0.2) is 5.01 Å². The summed E-state index contributed by atoms with van der Waals surface area (Å²) in [5, 5.41) is 13.0. The van der Waals surface area contributed by atoms with E-state index >= 15 is 0 Å². The Labute approximate surface area is 90.2 Å². The van der Waals surface area contributed by atoms with Gasteiger partial charge in [0, 0.05) is 51.7 Å². The van der Waals surface area contributed by atoms with Gasteiger partial charge in [-0.2, -0.15) is 0 Å². The molecule has 1 unspecified atom stereocenters. The summed E-state index contributed by atoms with van der Waals surface area (Å²) in [7, 11) is 2.10. The van der Waals surface area contributed by atoms with E-state index in [1.165, 1.54) is 0 Å². The first-order valence-corrected chi connectivity index (χ1v) is 5.55. The predicted octanol–water partition coefficient (Wildman–Crippen LogP) is -1.01. The maximum absolute atomic E-state index is 11.7. The zero-order valence-electron chi connectivity index (χ0n) is 9.22. The van der Waals surface area contributed by atoms with Crippen molar-refractivity contribution < 1.29 is 9.90 Å². The van der Waals surface area contributed by atoms with Crippen LogP contribution < -0.4 is 0 Å². The minimum absolute atomic E-state index is 0.121. The molecule has 2 aliphatic heterocycles. The Morgan fingerprint density at radius 3 is 2.53 bits per heavy atom. The van der Waals surface area contributed by atoms with Crippen molar-refractivity contribution >= 4 is 5.91 Å². The fraction of sp³-hybridized carbons (Fsp3) is 0.900. The van der Waals surface area contributed by atoms with E-state index in [4.69, 9.17) is 5.11 Å². The minimum atomic E-state index is 0.121. The Morgan fingerprint density at radius 2 is 2.00 bits per heavy atom. The highest BCUT2D eigenvalue weighted by Crippen LogP contribution is 2.19. The maximum Gasteiger partial charge on any atom is 0.237 e. The zero-order valence-corrected chi connectivity index (χ0v) is 9.22. The topological polar surface area (TPSA) is 47.0 Å². The highest BCUT2D eigenvalue weighted by atomic mass is 16.3. The number of carbonyl (C=O) groups is 1. The van der Waals surface area contributed by atoms with Gasteiger partial charge in [0.2, 0.25) is 5.91 Å². The molecule has 1 N–H and O–H groups in total. The van der Waals surface area contributed by atoms with Crippen molar-refractivity contribution in [3.05, 3.63) is 0 Å². The molecule has 2 fully saturated rings. The van der Waals surface area contributed by atoms with Gasteiger partial charge in [0.1, 0.15) is 0 Å². The van der Waals surface area contributed by atoms with Crippen LogP contribution in [-0.2, 0) is 4.79 Å². The lowest BCUT2D eigenvalue weighted by atomic mass is 10.1. The second kappa shape index (κ2) is 4.47. The van der Waals surface area contributed by atoms with Gasteiger partial charge in [0.15, 0.2) is 0 Å². The Bertz CT molecular complexity index is 239. The molecule has 15 heavy (non-hydrogen) atoms. The number of hydrazine groups is 1. The second-order valence-electron chi connectivity index (χ2n) is 4.49. The van der Waals surface area contributed by atoms with Crippen molar-refractivity contribution in [1.82, 2.24) is 14.9 Å². The number of nitrogens with zero attached hydrogens (tertiary/aromatic N) is 3. The monoisotopic (exact) mass is 213 g/mol. The first kappa shape index (κ1) is 10.9. The molecular formula is C10H19N3O2. The predicted molar refractivity (Wildman–Crippen MR) is 56.0 cm³/mol. The summed E-state index contributed by atoms with van der Waals surface area (Å²) in [6.07, 6.45) is 0.503.